The van der Waals surface area contributed by atoms with Crippen molar-refractivity contribution in [3.8, 4) is 0 Å². The van der Waals surface area contributed by atoms with Crippen molar-refractivity contribution in [2.75, 3.05) is 5.75 Å². The Morgan fingerprint density at radius 1 is 0.952 bits per heavy atom. The Balaban J connectivity index is 6.02. The lowest BCUT2D eigenvalue weighted by atomic mass is 9.83. The van der Waals surface area contributed by atoms with Gasteiger partial charge in [-0.3, -0.25) is 0 Å². The van der Waals surface area contributed by atoms with E-state index >= 15 is 0 Å². The second kappa shape index (κ2) is 5.60. The fourth-order valence-corrected chi connectivity index (χ4v) is 3.81. The highest BCUT2D eigenvalue weighted by Crippen LogP contribution is 2.48. The topological polar surface area (TPSA) is 54.4 Å². The molecule has 1 atom stereocenters. The van der Waals surface area contributed by atoms with Gasteiger partial charge in [0.05, 0.1) is 5.25 Å². The van der Waals surface area contributed by atoms with E-state index in [-0.39, 0.29) is 0 Å². The Labute approximate surface area is 119 Å². The van der Waals surface area contributed by atoms with E-state index in [0.29, 0.717) is 0 Å². The molecule has 3 nitrogen and oxygen atoms in total. The van der Waals surface area contributed by atoms with Crippen LogP contribution in [0, 0.1) is 5.41 Å². The quantitative estimate of drug-likeness (QED) is 0.798. The Hall–Kier alpha value is -0.510. The van der Waals surface area contributed by atoms with Crippen molar-refractivity contribution in [3.05, 3.63) is 0 Å². The zero-order valence-electron chi connectivity index (χ0n) is 11.9. The Morgan fingerprint density at radius 2 is 1.29 bits per heavy atom. The van der Waals surface area contributed by atoms with Crippen molar-refractivity contribution < 1.29 is 39.9 Å². The lowest BCUT2D eigenvalue weighted by molar-refractivity contribution is -0.370. The Kier molecular flexibility index (Phi) is 5.47. The summed E-state index contributed by atoms with van der Waals surface area (Å²) in [6, 6.07) is 0. The number of hydrogen-bond acceptors (Lipinski definition) is 3. The maximum absolute atomic E-state index is 12.7. The lowest BCUT2D eigenvalue weighted by Crippen LogP contribution is -2.60. The van der Waals surface area contributed by atoms with Crippen LogP contribution in [0.15, 0.2) is 0 Å². The summed E-state index contributed by atoms with van der Waals surface area (Å²) in [5.41, 5.74) is -6.47. The molecule has 21 heavy (non-hydrogen) atoms. The molecule has 0 fully saturated rings. The van der Waals surface area contributed by atoms with Crippen molar-refractivity contribution >= 4 is 9.84 Å². The minimum atomic E-state index is -6.03. The van der Waals surface area contributed by atoms with E-state index in [0.717, 1.165) is 6.92 Å². The van der Waals surface area contributed by atoms with Gasteiger partial charge >= 0.3 is 12.4 Å². The summed E-state index contributed by atoms with van der Waals surface area (Å²) in [6.07, 6.45) is -14.0. The highest BCUT2D eigenvalue weighted by atomic mass is 32.2. The van der Waals surface area contributed by atoms with Crippen molar-refractivity contribution in [1.82, 2.24) is 0 Å². The average Bonchev–Trinajstić information content (AvgIpc) is 2.20. The molecule has 0 aromatic heterocycles. The molecule has 0 aliphatic rings. The van der Waals surface area contributed by atoms with Crippen LogP contribution in [-0.4, -0.2) is 42.5 Å². The Morgan fingerprint density at radius 3 is 1.48 bits per heavy atom. The zero-order chi connectivity index (χ0) is 17.5. The maximum Gasteiger partial charge on any atom is 0.426 e. The summed E-state index contributed by atoms with van der Waals surface area (Å²) < 4.78 is 99.7. The molecule has 0 aromatic carbocycles. The second-order valence-electron chi connectivity index (χ2n) is 5.87. The van der Waals surface area contributed by atoms with Crippen LogP contribution in [0.25, 0.3) is 0 Å². The van der Waals surface area contributed by atoms with Gasteiger partial charge in [-0.1, -0.05) is 27.7 Å². The Bertz CT molecular complexity index is 444. The van der Waals surface area contributed by atoms with Crippen molar-refractivity contribution in [1.29, 1.82) is 0 Å². The van der Waals surface area contributed by atoms with Crippen molar-refractivity contribution in [2.45, 2.75) is 57.3 Å². The third-order valence-electron chi connectivity index (χ3n) is 3.22. The largest absolute Gasteiger partial charge is 0.426 e. The van der Waals surface area contributed by atoms with E-state index < -0.39 is 50.6 Å². The molecular formula is C11H18F6O3S. The molecular weight excluding hydrogens is 326 g/mol. The van der Waals surface area contributed by atoms with Gasteiger partial charge in [-0.15, -0.1) is 0 Å². The summed E-state index contributed by atoms with van der Waals surface area (Å²) in [5, 5.41) is 7.17. The van der Waals surface area contributed by atoms with Crippen LogP contribution >= 0.6 is 0 Å². The van der Waals surface area contributed by atoms with E-state index in [2.05, 4.69) is 0 Å². The molecule has 0 amide bonds. The molecule has 0 bridgehead atoms. The monoisotopic (exact) mass is 344 g/mol. The van der Waals surface area contributed by atoms with Gasteiger partial charge in [-0.05, 0) is 5.41 Å². The van der Waals surface area contributed by atoms with Gasteiger partial charge in [0.1, 0.15) is 0 Å². The fraction of sp³-hybridized carbons (Fsp3) is 1.00. The summed E-state index contributed by atoms with van der Waals surface area (Å²) >= 11 is 0. The van der Waals surface area contributed by atoms with Gasteiger partial charge < -0.3 is 5.11 Å². The van der Waals surface area contributed by atoms with E-state index in [1.54, 1.807) is 0 Å². The third-order valence-corrected chi connectivity index (χ3v) is 5.77. The highest BCUT2D eigenvalue weighted by Gasteiger charge is 2.71. The normalized spacial score (nSPS) is 16.9. The van der Waals surface area contributed by atoms with Gasteiger partial charge in [0.2, 0.25) is 0 Å². The molecule has 0 aromatic rings. The first-order valence-corrected chi connectivity index (χ1v) is 7.69. The highest BCUT2D eigenvalue weighted by molar-refractivity contribution is 7.92. The first kappa shape index (κ1) is 20.5. The molecule has 0 rings (SSSR count). The number of aliphatic hydroxyl groups is 1. The van der Waals surface area contributed by atoms with Crippen LogP contribution in [0.2, 0.25) is 0 Å². The fourth-order valence-electron chi connectivity index (χ4n) is 1.83. The predicted octanol–water partition coefficient (Wildman–Crippen LogP) is 3.08. The number of rotatable bonds is 4. The summed E-state index contributed by atoms with van der Waals surface area (Å²) in [4.78, 5) is 0. The first-order chi connectivity index (χ1) is 8.90. The SMILES string of the molecule is CCS(=O)(=O)C(CC(O)(C(F)(F)F)C(F)(F)F)C(C)(C)C. The van der Waals surface area contributed by atoms with E-state index in [1.807, 2.05) is 0 Å². The van der Waals surface area contributed by atoms with Crippen molar-refractivity contribution in [2.24, 2.45) is 5.41 Å². The molecule has 128 valence electrons. The molecule has 10 heteroatoms. The second-order valence-corrected chi connectivity index (χ2v) is 8.34. The molecule has 1 unspecified atom stereocenters. The molecule has 0 heterocycles. The van der Waals surface area contributed by atoms with Gasteiger partial charge in [-0.25, -0.2) is 8.42 Å². The molecule has 0 aliphatic heterocycles. The molecule has 0 spiro atoms. The first-order valence-electron chi connectivity index (χ1n) is 5.97. The van der Waals surface area contributed by atoms with Crippen LogP contribution in [0.3, 0.4) is 0 Å². The van der Waals surface area contributed by atoms with Crippen LogP contribution in [0.5, 0.6) is 0 Å². The summed E-state index contributed by atoms with van der Waals surface area (Å²) in [7, 11) is -4.23. The molecule has 0 saturated heterocycles. The molecule has 0 radical (unpaired) electrons. The van der Waals surface area contributed by atoms with Crippen LogP contribution in [-0.2, 0) is 9.84 Å². The minimum Gasteiger partial charge on any atom is -0.374 e. The van der Waals surface area contributed by atoms with Gasteiger partial charge in [-0.2, -0.15) is 26.3 Å². The minimum absolute atomic E-state index is 0.624. The number of hydrogen-bond donors (Lipinski definition) is 1. The van der Waals surface area contributed by atoms with E-state index in [4.69, 9.17) is 5.11 Å². The maximum atomic E-state index is 12.7. The van der Waals surface area contributed by atoms with E-state index in [1.165, 1.54) is 20.8 Å². The number of alkyl halides is 6. The summed E-state index contributed by atoms with van der Waals surface area (Å²) in [6.45, 7) is 4.74. The van der Waals surface area contributed by atoms with E-state index in [9.17, 15) is 34.8 Å². The average molecular weight is 344 g/mol. The van der Waals surface area contributed by atoms with Crippen molar-refractivity contribution in [3.63, 3.8) is 0 Å². The standard InChI is InChI=1S/C11H18F6O3S/c1-5-21(19,20)7(8(2,3)4)6-9(18,10(12,13)14)11(15,16)17/h7,18H,5-6H2,1-4H3. The van der Waals surface area contributed by atoms with Gasteiger partial charge in [0, 0.05) is 12.2 Å². The number of sulfone groups is 1. The van der Waals surface area contributed by atoms with Gasteiger partial charge in [0.15, 0.2) is 9.84 Å². The molecule has 0 aliphatic carbocycles. The predicted molar refractivity (Wildman–Crippen MR) is 64.4 cm³/mol. The van der Waals surface area contributed by atoms with Crippen LogP contribution < -0.4 is 0 Å². The molecule has 0 saturated carbocycles. The smallest absolute Gasteiger partial charge is 0.374 e. The molecule has 1 N–H and O–H groups in total. The van der Waals surface area contributed by atoms with Crippen LogP contribution in [0.1, 0.15) is 34.1 Å². The van der Waals surface area contributed by atoms with Gasteiger partial charge in [0.25, 0.3) is 5.60 Å². The third kappa shape index (κ3) is 4.24. The zero-order valence-corrected chi connectivity index (χ0v) is 12.7. The number of halogens is 6. The lowest BCUT2D eigenvalue weighted by Gasteiger charge is -2.39. The van der Waals surface area contributed by atoms with Crippen LogP contribution in [0.4, 0.5) is 26.3 Å². The summed E-state index contributed by atoms with van der Waals surface area (Å²) in [5.74, 6) is -0.624.